The van der Waals surface area contributed by atoms with Gasteiger partial charge in [0.05, 0.1) is 0 Å². The predicted octanol–water partition coefficient (Wildman–Crippen LogP) is 3.74. The van der Waals surface area contributed by atoms with Gasteiger partial charge in [0.1, 0.15) is 5.75 Å². The molecule has 3 fully saturated rings. The van der Waals surface area contributed by atoms with E-state index < -0.39 is 0 Å². The van der Waals surface area contributed by atoms with E-state index in [0.29, 0.717) is 11.8 Å². The smallest absolute Gasteiger partial charge is 0.115 e. The van der Waals surface area contributed by atoms with Crippen molar-refractivity contribution in [1.82, 2.24) is 5.32 Å². The van der Waals surface area contributed by atoms with Gasteiger partial charge in [-0.15, -0.1) is 0 Å². The van der Waals surface area contributed by atoms with Crippen LogP contribution in [0.5, 0.6) is 5.75 Å². The quantitative estimate of drug-likeness (QED) is 0.883. The molecule has 0 spiro atoms. The lowest BCUT2D eigenvalue weighted by Crippen LogP contribution is -2.44. The van der Waals surface area contributed by atoms with Crippen LogP contribution in [0.4, 0.5) is 0 Å². The number of hydrogen-bond acceptors (Lipinski definition) is 2. The van der Waals surface area contributed by atoms with Crippen LogP contribution in [0.1, 0.15) is 44.6 Å². The van der Waals surface area contributed by atoms with Gasteiger partial charge >= 0.3 is 0 Å². The molecule has 0 heterocycles. The fourth-order valence-corrected chi connectivity index (χ4v) is 5.67. The molecule has 0 aromatic heterocycles. The van der Waals surface area contributed by atoms with E-state index >= 15 is 0 Å². The molecule has 3 aliphatic carbocycles. The Balaban J connectivity index is 1.35. The third kappa shape index (κ3) is 2.48. The van der Waals surface area contributed by atoms with Gasteiger partial charge in [-0.2, -0.15) is 0 Å². The zero-order chi connectivity index (χ0) is 14.4. The van der Waals surface area contributed by atoms with Crippen LogP contribution in [0.3, 0.4) is 0 Å². The maximum Gasteiger partial charge on any atom is 0.115 e. The minimum absolute atomic E-state index is 0.361. The third-order valence-corrected chi connectivity index (χ3v) is 6.41. The van der Waals surface area contributed by atoms with Crippen LogP contribution in [0.2, 0.25) is 0 Å². The fourth-order valence-electron chi connectivity index (χ4n) is 5.67. The molecule has 3 saturated carbocycles. The Hall–Kier alpha value is -1.02. The number of phenolic OH excluding ortho intramolecular Hbond substituents is 1. The van der Waals surface area contributed by atoms with Crippen LogP contribution >= 0.6 is 0 Å². The maximum atomic E-state index is 9.36. The lowest BCUT2D eigenvalue weighted by molar-refractivity contribution is 0.199. The van der Waals surface area contributed by atoms with E-state index in [1.54, 1.807) is 12.1 Å². The van der Waals surface area contributed by atoms with Crippen LogP contribution in [0.15, 0.2) is 24.3 Å². The second-order valence-corrected chi connectivity index (χ2v) is 7.70. The summed E-state index contributed by atoms with van der Waals surface area (Å²) < 4.78 is 0. The lowest BCUT2D eigenvalue weighted by atomic mass is 9.79. The standard InChI is InChI=1S/C19H27NO/c1-12(9-13-5-7-15(21)8-6-13)20-19-11-14-10-18(19)17-4-2-3-16(14)17/h5-8,12,14,16-21H,2-4,9-11H2,1H3. The first-order chi connectivity index (χ1) is 10.2. The highest BCUT2D eigenvalue weighted by Gasteiger charge is 2.53. The topological polar surface area (TPSA) is 32.3 Å². The maximum absolute atomic E-state index is 9.36. The number of hydrogen-bond donors (Lipinski definition) is 2. The first-order valence-corrected chi connectivity index (χ1v) is 8.74. The molecule has 4 rings (SSSR count). The van der Waals surface area contributed by atoms with Crippen molar-refractivity contribution in [3.05, 3.63) is 29.8 Å². The molecule has 114 valence electrons. The lowest BCUT2D eigenvalue weighted by Gasteiger charge is -2.34. The Morgan fingerprint density at radius 1 is 1.10 bits per heavy atom. The van der Waals surface area contributed by atoms with Gasteiger partial charge in [0, 0.05) is 12.1 Å². The molecule has 21 heavy (non-hydrogen) atoms. The average molecular weight is 285 g/mol. The molecule has 6 atom stereocenters. The summed E-state index contributed by atoms with van der Waals surface area (Å²) in [6.45, 7) is 2.31. The molecule has 1 aromatic rings. The van der Waals surface area contributed by atoms with Crippen molar-refractivity contribution >= 4 is 0 Å². The number of benzene rings is 1. The molecule has 6 unspecified atom stereocenters. The molecule has 2 nitrogen and oxygen atoms in total. The number of fused-ring (bicyclic) bond motifs is 5. The Labute approximate surface area is 128 Å². The van der Waals surface area contributed by atoms with Gasteiger partial charge in [-0.25, -0.2) is 0 Å². The number of rotatable bonds is 4. The van der Waals surface area contributed by atoms with Gasteiger partial charge in [0.25, 0.3) is 0 Å². The van der Waals surface area contributed by atoms with Gasteiger partial charge in [0.15, 0.2) is 0 Å². The predicted molar refractivity (Wildman–Crippen MR) is 85.2 cm³/mol. The summed E-state index contributed by atoms with van der Waals surface area (Å²) in [5.41, 5.74) is 1.31. The summed E-state index contributed by atoms with van der Waals surface area (Å²) >= 11 is 0. The minimum atomic E-state index is 0.361. The summed E-state index contributed by atoms with van der Waals surface area (Å²) in [5, 5.41) is 13.3. The first kappa shape index (κ1) is 13.6. The molecule has 2 bridgehead atoms. The summed E-state index contributed by atoms with van der Waals surface area (Å²) in [4.78, 5) is 0. The monoisotopic (exact) mass is 285 g/mol. The minimum Gasteiger partial charge on any atom is -0.508 e. The zero-order valence-electron chi connectivity index (χ0n) is 13.0. The summed E-state index contributed by atoms with van der Waals surface area (Å²) in [5.74, 6) is 4.48. The van der Waals surface area contributed by atoms with Crippen molar-refractivity contribution in [2.75, 3.05) is 0 Å². The van der Waals surface area contributed by atoms with Crippen molar-refractivity contribution < 1.29 is 5.11 Å². The molecule has 1 aromatic carbocycles. The van der Waals surface area contributed by atoms with Gasteiger partial charge in [0.2, 0.25) is 0 Å². The first-order valence-electron chi connectivity index (χ1n) is 8.74. The van der Waals surface area contributed by atoms with E-state index in [9.17, 15) is 5.11 Å². The second kappa shape index (κ2) is 5.31. The average Bonchev–Trinajstić information content (AvgIpc) is 3.13. The van der Waals surface area contributed by atoms with Crippen molar-refractivity contribution in [1.29, 1.82) is 0 Å². The van der Waals surface area contributed by atoms with Crippen LogP contribution in [-0.4, -0.2) is 17.2 Å². The van der Waals surface area contributed by atoms with E-state index in [-0.39, 0.29) is 0 Å². The van der Waals surface area contributed by atoms with Crippen molar-refractivity contribution in [3.8, 4) is 5.75 Å². The highest BCUT2D eigenvalue weighted by molar-refractivity contribution is 5.26. The number of aromatic hydroxyl groups is 1. The second-order valence-electron chi connectivity index (χ2n) is 7.70. The third-order valence-electron chi connectivity index (χ3n) is 6.41. The highest BCUT2D eigenvalue weighted by atomic mass is 16.3. The molecular formula is C19H27NO. The van der Waals surface area contributed by atoms with Gasteiger partial charge in [-0.3, -0.25) is 0 Å². The van der Waals surface area contributed by atoms with Gasteiger partial charge < -0.3 is 10.4 Å². The van der Waals surface area contributed by atoms with E-state index in [0.717, 1.165) is 36.1 Å². The van der Waals surface area contributed by atoms with E-state index in [1.807, 2.05) is 12.1 Å². The van der Waals surface area contributed by atoms with Gasteiger partial charge in [-0.1, -0.05) is 18.6 Å². The van der Waals surface area contributed by atoms with Gasteiger partial charge in [-0.05, 0) is 80.4 Å². The molecule has 0 radical (unpaired) electrons. The van der Waals surface area contributed by atoms with E-state index in [4.69, 9.17) is 0 Å². The van der Waals surface area contributed by atoms with E-state index in [2.05, 4.69) is 12.2 Å². The summed E-state index contributed by atoms with van der Waals surface area (Å²) in [7, 11) is 0. The molecule has 3 aliphatic rings. The summed E-state index contributed by atoms with van der Waals surface area (Å²) in [6.07, 6.45) is 8.48. The molecular weight excluding hydrogens is 258 g/mol. The Morgan fingerprint density at radius 2 is 1.86 bits per heavy atom. The largest absolute Gasteiger partial charge is 0.508 e. The Bertz CT molecular complexity index is 497. The van der Waals surface area contributed by atoms with Crippen LogP contribution < -0.4 is 5.32 Å². The molecule has 2 heteroatoms. The van der Waals surface area contributed by atoms with Crippen molar-refractivity contribution in [2.24, 2.45) is 23.7 Å². The van der Waals surface area contributed by atoms with Crippen LogP contribution in [-0.2, 0) is 6.42 Å². The molecule has 0 amide bonds. The Kier molecular flexibility index (Phi) is 3.45. The number of nitrogens with one attached hydrogen (secondary N) is 1. The molecule has 0 saturated heterocycles. The number of phenols is 1. The fraction of sp³-hybridized carbons (Fsp3) is 0.684. The van der Waals surface area contributed by atoms with Crippen molar-refractivity contribution in [3.63, 3.8) is 0 Å². The SMILES string of the molecule is CC(Cc1ccc(O)cc1)NC1CC2CC1C1CCCC21. The summed E-state index contributed by atoms with van der Waals surface area (Å²) in [6, 6.07) is 8.97. The Morgan fingerprint density at radius 3 is 2.67 bits per heavy atom. The van der Waals surface area contributed by atoms with Crippen LogP contribution in [0, 0.1) is 23.7 Å². The molecule has 0 aliphatic heterocycles. The van der Waals surface area contributed by atoms with E-state index in [1.165, 1.54) is 37.7 Å². The van der Waals surface area contributed by atoms with Crippen LogP contribution in [0.25, 0.3) is 0 Å². The molecule has 2 N–H and O–H groups in total. The highest BCUT2D eigenvalue weighted by Crippen LogP contribution is 2.58. The van der Waals surface area contributed by atoms with Crippen molar-refractivity contribution in [2.45, 2.75) is 57.5 Å². The zero-order valence-corrected chi connectivity index (χ0v) is 13.0. The normalized spacial score (nSPS) is 38.6.